The lowest BCUT2D eigenvalue weighted by molar-refractivity contribution is -0.125. The van der Waals surface area contributed by atoms with Gasteiger partial charge >= 0.3 is 0 Å². The van der Waals surface area contributed by atoms with E-state index in [4.69, 9.17) is 0 Å². The standard InChI is InChI=1S/C25H31NO/c1-3-24(27)25-22(21-12-9-18(2)10-13-21)15-20-11-14-23(25)26(17-20)16-19-7-5-4-6-8-19/h4-10,12-13,20,22-23,25H,3,11,14-17H2,1-2H3. The average molecular weight is 362 g/mol. The van der Waals surface area contributed by atoms with Crippen LogP contribution in [-0.2, 0) is 11.3 Å². The lowest BCUT2D eigenvalue weighted by Crippen LogP contribution is -2.46. The minimum Gasteiger partial charge on any atom is -0.299 e. The van der Waals surface area contributed by atoms with Crippen molar-refractivity contribution in [3.8, 4) is 0 Å². The molecule has 0 spiro atoms. The van der Waals surface area contributed by atoms with Gasteiger partial charge in [-0.3, -0.25) is 9.69 Å². The molecular formula is C25H31NO. The van der Waals surface area contributed by atoms with E-state index in [1.54, 1.807) is 0 Å². The third kappa shape index (κ3) is 3.87. The largest absolute Gasteiger partial charge is 0.299 e. The summed E-state index contributed by atoms with van der Waals surface area (Å²) in [6.07, 6.45) is 4.23. The number of carbonyl (C=O) groups is 1. The molecule has 2 aliphatic heterocycles. The number of carbonyl (C=O) groups excluding carboxylic acids is 1. The van der Waals surface area contributed by atoms with Crippen LogP contribution < -0.4 is 0 Å². The van der Waals surface area contributed by atoms with Gasteiger partial charge in [0.2, 0.25) is 0 Å². The van der Waals surface area contributed by atoms with Crippen LogP contribution in [0.5, 0.6) is 0 Å². The van der Waals surface area contributed by atoms with E-state index >= 15 is 0 Å². The number of hydrogen-bond acceptors (Lipinski definition) is 2. The Morgan fingerprint density at radius 2 is 1.78 bits per heavy atom. The highest BCUT2D eigenvalue weighted by Gasteiger charge is 2.45. The molecule has 4 atom stereocenters. The molecule has 142 valence electrons. The normalized spacial score (nSPS) is 28.1. The van der Waals surface area contributed by atoms with Gasteiger partial charge < -0.3 is 0 Å². The van der Waals surface area contributed by atoms with Crippen LogP contribution in [-0.4, -0.2) is 23.3 Å². The van der Waals surface area contributed by atoms with Gasteiger partial charge in [-0.05, 0) is 49.1 Å². The van der Waals surface area contributed by atoms with E-state index in [1.807, 2.05) is 6.92 Å². The van der Waals surface area contributed by atoms with E-state index in [-0.39, 0.29) is 5.92 Å². The highest BCUT2D eigenvalue weighted by Crippen LogP contribution is 2.46. The summed E-state index contributed by atoms with van der Waals surface area (Å²) in [4.78, 5) is 15.8. The highest BCUT2D eigenvalue weighted by atomic mass is 16.1. The van der Waals surface area contributed by atoms with Gasteiger partial charge in [0.05, 0.1) is 0 Å². The van der Waals surface area contributed by atoms with Gasteiger partial charge in [0.1, 0.15) is 5.78 Å². The van der Waals surface area contributed by atoms with Gasteiger partial charge in [-0.15, -0.1) is 0 Å². The summed E-state index contributed by atoms with van der Waals surface area (Å²) in [5.41, 5.74) is 4.02. The first-order valence-corrected chi connectivity index (χ1v) is 10.5. The molecule has 2 heteroatoms. The maximum Gasteiger partial charge on any atom is 0.137 e. The molecule has 0 amide bonds. The Kier molecular flexibility index (Phi) is 5.45. The maximum atomic E-state index is 13.1. The molecule has 2 heterocycles. The summed E-state index contributed by atoms with van der Waals surface area (Å²) >= 11 is 0. The van der Waals surface area contributed by atoms with Crippen molar-refractivity contribution >= 4 is 5.78 Å². The molecule has 4 unspecified atom stereocenters. The molecule has 1 saturated carbocycles. The van der Waals surface area contributed by atoms with E-state index in [2.05, 4.69) is 66.4 Å². The second-order valence-corrected chi connectivity index (χ2v) is 8.52. The summed E-state index contributed by atoms with van der Waals surface area (Å²) in [5, 5.41) is 0. The molecule has 1 aliphatic carbocycles. The fourth-order valence-electron chi connectivity index (χ4n) is 5.35. The van der Waals surface area contributed by atoms with Crippen molar-refractivity contribution in [3.63, 3.8) is 0 Å². The number of aryl methyl sites for hydroxylation is 1. The van der Waals surface area contributed by atoms with Crippen LogP contribution >= 0.6 is 0 Å². The topological polar surface area (TPSA) is 20.3 Å². The monoisotopic (exact) mass is 361 g/mol. The molecule has 3 fully saturated rings. The SMILES string of the molecule is CCC(=O)C1C(c2ccc(C)cc2)CC2CCC1N(Cc1ccccc1)C2. The van der Waals surface area contributed by atoms with Crippen LogP contribution in [0.15, 0.2) is 54.6 Å². The number of nitrogens with zero attached hydrogens (tertiary/aromatic N) is 1. The van der Waals surface area contributed by atoms with Gasteiger partial charge in [0.25, 0.3) is 0 Å². The zero-order valence-electron chi connectivity index (χ0n) is 16.6. The van der Waals surface area contributed by atoms with E-state index in [0.717, 1.165) is 25.9 Å². The fourth-order valence-corrected chi connectivity index (χ4v) is 5.35. The molecule has 0 radical (unpaired) electrons. The number of hydrogen-bond donors (Lipinski definition) is 0. The Morgan fingerprint density at radius 1 is 1.04 bits per heavy atom. The number of rotatable bonds is 5. The van der Waals surface area contributed by atoms with Crippen molar-refractivity contribution in [2.24, 2.45) is 11.8 Å². The minimum atomic E-state index is 0.133. The zero-order chi connectivity index (χ0) is 18.8. The van der Waals surface area contributed by atoms with Crippen molar-refractivity contribution in [2.45, 2.75) is 58.0 Å². The first-order valence-electron chi connectivity index (χ1n) is 10.5. The van der Waals surface area contributed by atoms with Crippen molar-refractivity contribution in [3.05, 3.63) is 71.3 Å². The number of piperidine rings is 1. The van der Waals surface area contributed by atoms with E-state index in [1.165, 1.54) is 23.1 Å². The van der Waals surface area contributed by atoms with Crippen LogP contribution in [0.25, 0.3) is 0 Å². The molecule has 2 aromatic carbocycles. The molecule has 0 N–H and O–H groups in total. The lowest BCUT2D eigenvalue weighted by Gasteiger charge is -2.40. The predicted octanol–water partition coefficient (Wildman–Crippen LogP) is 5.36. The smallest absolute Gasteiger partial charge is 0.137 e. The zero-order valence-corrected chi connectivity index (χ0v) is 16.6. The van der Waals surface area contributed by atoms with Gasteiger partial charge in [0, 0.05) is 31.5 Å². The Hall–Kier alpha value is -1.93. The second kappa shape index (κ2) is 7.98. The van der Waals surface area contributed by atoms with Gasteiger partial charge in [-0.2, -0.15) is 0 Å². The molecule has 3 aliphatic rings. The van der Waals surface area contributed by atoms with Crippen LogP contribution in [0.2, 0.25) is 0 Å². The van der Waals surface area contributed by atoms with E-state index in [0.29, 0.717) is 30.1 Å². The highest BCUT2D eigenvalue weighted by molar-refractivity contribution is 5.82. The number of Topliss-reactive ketones (excluding diaryl/α,β-unsaturated/α-hetero) is 1. The quantitative estimate of drug-likeness (QED) is 0.715. The predicted molar refractivity (Wildman–Crippen MR) is 111 cm³/mol. The lowest BCUT2D eigenvalue weighted by atomic mass is 9.76. The fraction of sp³-hybridized carbons (Fsp3) is 0.480. The van der Waals surface area contributed by atoms with Crippen LogP contribution in [0.4, 0.5) is 0 Å². The van der Waals surface area contributed by atoms with Gasteiger partial charge in [-0.1, -0.05) is 67.1 Å². The van der Waals surface area contributed by atoms with E-state index in [9.17, 15) is 4.79 Å². The molecule has 2 nitrogen and oxygen atoms in total. The van der Waals surface area contributed by atoms with Crippen LogP contribution in [0, 0.1) is 18.8 Å². The van der Waals surface area contributed by atoms with Gasteiger partial charge in [-0.25, -0.2) is 0 Å². The van der Waals surface area contributed by atoms with E-state index < -0.39 is 0 Å². The maximum absolute atomic E-state index is 13.1. The summed E-state index contributed by atoms with van der Waals surface area (Å²) < 4.78 is 0. The number of fused-ring (bicyclic) bond motifs is 4. The molecule has 27 heavy (non-hydrogen) atoms. The van der Waals surface area contributed by atoms with Crippen molar-refractivity contribution < 1.29 is 4.79 Å². The molecular weight excluding hydrogens is 330 g/mol. The molecule has 5 rings (SSSR count). The number of ketones is 1. The Balaban J connectivity index is 1.67. The Bertz CT molecular complexity index is 767. The molecule has 0 aromatic heterocycles. The first-order chi connectivity index (χ1) is 13.2. The third-order valence-electron chi connectivity index (χ3n) is 6.72. The Labute approximate surface area is 163 Å². The average Bonchev–Trinajstić information content (AvgIpc) is 2.97. The van der Waals surface area contributed by atoms with Crippen molar-refractivity contribution in [2.75, 3.05) is 6.54 Å². The summed E-state index contributed by atoms with van der Waals surface area (Å²) in [5.74, 6) is 1.65. The van der Waals surface area contributed by atoms with Crippen LogP contribution in [0.3, 0.4) is 0 Å². The summed E-state index contributed by atoms with van der Waals surface area (Å²) in [6, 6.07) is 20.1. The Morgan fingerprint density at radius 3 is 2.48 bits per heavy atom. The van der Waals surface area contributed by atoms with Crippen molar-refractivity contribution in [1.29, 1.82) is 0 Å². The second-order valence-electron chi connectivity index (χ2n) is 8.52. The molecule has 2 saturated heterocycles. The molecule has 2 bridgehead atoms. The molecule has 2 aromatic rings. The van der Waals surface area contributed by atoms with Crippen molar-refractivity contribution in [1.82, 2.24) is 4.90 Å². The summed E-state index contributed by atoms with van der Waals surface area (Å²) in [6.45, 7) is 6.27. The van der Waals surface area contributed by atoms with Gasteiger partial charge in [0.15, 0.2) is 0 Å². The minimum absolute atomic E-state index is 0.133. The number of benzene rings is 2. The van der Waals surface area contributed by atoms with Crippen LogP contribution in [0.1, 0.15) is 55.2 Å². The first kappa shape index (κ1) is 18.4. The third-order valence-corrected chi connectivity index (χ3v) is 6.72. The summed E-state index contributed by atoms with van der Waals surface area (Å²) in [7, 11) is 0.